The van der Waals surface area contributed by atoms with Gasteiger partial charge in [0.1, 0.15) is 11.1 Å². The molecular weight excluding hydrogens is 402 g/mol. The summed E-state index contributed by atoms with van der Waals surface area (Å²) in [6.07, 6.45) is 1.80. The lowest BCUT2D eigenvalue weighted by Gasteiger charge is -2.20. The van der Waals surface area contributed by atoms with Crippen LogP contribution in [-0.2, 0) is 16.9 Å². The second-order valence-electron chi connectivity index (χ2n) is 8.33. The summed E-state index contributed by atoms with van der Waals surface area (Å²) >= 11 is 1.50. The molecule has 0 spiro atoms. The minimum atomic E-state index is -0.275. The van der Waals surface area contributed by atoms with Gasteiger partial charge < -0.3 is 10.1 Å². The Morgan fingerprint density at radius 3 is 2.90 bits per heavy atom. The SMILES string of the molecule is COc1cccc(CNC(=O)CC2CSc3nc4c(cnn4C(C)(C)C)c(=O)n32)c1. The van der Waals surface area contributed by atoms with Crippen LogP contribution in [0.3, 0.4) is 0 Å². The molecule has 0 saturated carbocycles. The molecule has 4 rings (SSSR count). The summed E-state index contributed by atoms with van der Waals surface area (Å²) in [6, 6.07) is 7.34. The quantitative estimate of drug-likeness (QED) is 0.630. The van der Waals surface area contributed by atoms with Crippen molar-refractivity contribution in [3.63, 3.8) is 0 Å². The molecule has 0 saturated heterocycles. The molecule has 158 valence electrons. The van der Waals surface area contributed by atoms with Gasteiger partial charge in [0.25, 0.3) is 5.56 Å². The highest BCUT2D eigenvalue weighted by Crippen LogP contribution is 2.33. The number of rotatable bonds is 5. The van der Waals surface area contributed by atoms with Crippen LogP contribution in [0.1, 0.15) is 38.8 Å². The van der Waals surface area contributed by atoms with Crippen LogP contribution < -0.4 is 15.6 Å². The highest BCUT2D eigenvalue weighted by molar-refractivity contribution is 7.99. The normalized spacial score (nSPS) is 15.9. The average molecular weight is 428 g/mol. The molecule has 3 heterocycles. The van der Waals surface area contributed by atoms with Gasteiger partial charge in [-0.15, -0.1) is 0 Å². The van der Waals surface area contributed by atoms with E-state index in [9.17, 15) is 9.59 Å². The van der Waals surface area contributed by atoms with Crippen molar-refractivity contribution in [2.75, 3.05) is 12.9 Å². The lowest BCUT2D eigenvalue weighted by Crippen LogP contribution is -2.31. The molecule has 8 nitrogen and oxygen atoms in total. The fraction of sp³-hybridized carbons (Fsp3) is 0.429. The van der Waals surface area contributed by atoms with Gasteiger partial charge in [0.2, 0.25) is 5.91 Å². The predicted octanol–water partition coefficient (Wildman–Crippen LogP) is 2.71. The zero-order chi connectivity index (χ0) is 21.5. The van der Waals surface area contributed by atoms with E-state index >= 15 is 0 Å². The van der Waals surface area contributed by atoms with E-state index in [2.05, 4.69) is 10.4 Å². The molecular formula is C21H25N5O3S. The van der Waals surface area contributed by atoms with Crippen molar-refractivity contribution in [1.29, 1.82) is 0 Å². The maximum Gasteiger partial charge on any atom is 0.265 e. The molecule has 2 aromatic heterocycles. The number of thioether (sulfide) groups is 1. The minimum absolute atomic E-state index is 0.103. The fourth-order valence-electron chi connectivity index (χ4n) is 3.54. The molecule has 30 heavy (non-hydrogen) atoms. The van der Waals surface area contributed by atoms with Crippen molar-refractivity contribution in [3.05, 3.63) is 46.4 Å². The number of carbonyl (C=O) groups is 1. The second kappa shape index (κ2) is 7.79. The Bertz CT molecular complexity index is 1160. The van der Waals surface area contributed by atoms with Crippen LogP contribution in [0.15, 0.2) is 40.4 Å². The number of ether oxygens (including phenoxy) is 1. The number of hydrogen-bond donors (Lipinski definition) is 1. The maximum atomic E-state index is 13.1. The Morgan fingerprint density at radius 1 is 1.37 bits per heavy atom. The first-order chi connectivity index (χ1) is 14.3. The van der Waals surface area contributed by atoms with Crippen molar-refractivity contribution in [2.24, 2.45) is 0 Å². The summed E-state index contributed by atoms with van der Waals surface area (Å²) in [5.74, 6) is 1.29. The van der Waals surface area contributed by atoms with Crippen LogP contribution in [0.5, 0.6) is 5.75 Å². The highest BCUT2D eigenvalue weighted by Gasteiger charge is 2.30. The molecule has 0 aliphatic carbocycles. The van der Waals surface area contributed by atoms with Crippen molar-refractivity contribution in [2.45, 2.75) is 50.5 Å². The van der Waals surface area contributed by atoms with Crippen LogP contribution in [0.25, 0.3) is 11.0 Å². The summed E-state index contributed by atoms with van der Waals surface area (Å²) in [4.78, 5) is 30.4. The number of carbonyl (C=O) groups excluding carboxylic acids is 1. The van der Waals surface area contributed by atoms with Crippen molar-refractivity contribution >= 4 is 28.7 Å². The summed E-state index contributed by atoms with van der Waals surface area (Å²) in [6.45, 7) is 6.48. The Morgan fingerprint density at radius 2 is 2.17 bits per heavy atom. The van der Waals surface area contributed by atoms with Gasteiger partial charge in [0.05, 0.1) is 24.9 Å². The van der Waals surface area contributed by atoms with Crippen molar-refractivity contribution in [3.8, 4) is 5.75 Å². The first-order valence-electron chi connectivity index (χ1n) is 9.81. The largest absolute Gasteiger partial charge is 0.497 e. The van der Waals surface area contributed by atoms with Gasteiger partial charge in [-0.05, 0) is 38.5 Å². The number of nitrogens with zero attached hydrogens (tertiary/aromatic N) is 4. The highest BCUT2D eigenvalue weighted by atomic mass is 32.2. The van der Waals surface area contributed by atoms with Crippen LogP contribution >= 0.6 is 11.8 Å². The van der Waals surface area contributed by atoms with E-state index in [1.165, 1.54) is 11.8 Å². The van der Waals surface area contributed by atoms with E-state index in [1.807, 2.05) is 45.0 Å². The summed E-state index contributed by atoms with van der Waals surface area (Å²) < 4.78 is 8.63. The van der Waals surface area contributed by atoms with Crippen LogP contribution in [0.4, 0.5) is 0 Å². The van der Waals surface area contributed by atoms with Crippen LogP contribution in [0.2, 0.25) is 0 Å². The van der Waals surface area contributed by atoms with Gasteiger partial charge in [-0.3, -0.25) is 14.2 Å². The Kier molecular flexibility index (Phi) is 5.31. The van der Waals surface area contributed by atoms with Crippen molar-refractivity contribution in [1.82, 2.24) is 24.6 Å². The summed E-state index contributed by atoms with van der Waals surface area (Å²) in [7, 11) is 1.61. The number of aromatic nitrogens is 4. The van der Waals surface area contributed by atoms with Crippen molar-refractivity contribution < 1.29 is 9.53 Å². The zero-order valence-electron chi connectivity index (χ0n) is 17.5. The van der Waals surface area contributed by atoms with E-state index in [0.29, 0.717) is 28.5 Å². The second-order valence-corrected chi connectivity index (χ2v) is 9.32. The van der Waals surface area contributed by atoms with E-state index < -0.39 is 0 Å². The first-order valence-corrected chi connectivity index (χ1v) is 10.8. The first kappa shape index (κ1) is 20.5. The molecule has 1 aliphatic heterocycles. The molecule has 0 bridgehead atoms. The number of nitrogens with one attached hydrogen (secondary N) is 1. The van der Waals surface area contributed by atoms with Crippen LogP contribution in [-0.4, -0.2) is 38.1 Å². The molecule has 3 aromatic rings. The third kappa shape index (κ3) is 3.81. The summed E-state index contributed by atoms with van der Waals surface area (Å²) in [5.41, 5.74) is 1.14. The third-order valence-electron chi connectivity index (χ3n) is 5.05. The Balaban J connectivity index is 1.51. The molecule has 1 aliphatic rings. The van der Waals surface area contributed by atoms with Gasteiger partial charge in [-0.2, -0.15) is 5.10 Å². The molecule has 0 fully saturated rings. The molecule has 0 radical (unpaired) electrons. The number of amides is 1. The zero-order valence-corrected chi connectivity index (χ0v) is 18.3. The van der Waals surface area contributed by atoms with E-state index in [4.69, 9.17) is 9.72 Å². The Labute approximate surface area is 178 Å². The lowest BCUT2D eigenvalue weighted by atomic mass is 10.1. The summed E-state index contributed by atoms with van der Waals surface area (Å²) in [5, 5.41) is 8.43. The van der Waals surface area contributed by atoms with E-state index in [0.717, 1.165) is 11.3 Å². The smallest absolute Gasteiger partial charge is 0.265 e. The third-order valence-corrected chi connectivity index (χ3v) is 6.15. The Hall–Kier alpha value is -2.81. The van der Waals surface area contributed by atoms with Gasteiger partial charge in [-0.25, -0.2) is 9.67 Å². The molecule has 1 N–H and O–H groups in total. The lowest BCUT2D eigenvalue weighted by molar-refractivity contribution is -0.121. The number of benzene rings is 1. The maximum absolute atomic E-state index is 13.1. The van der Waals surface area contributed by atoms with E-state index in [1.54, 1.807) is 22.6 Å². The van der Waals surface area contributed by atoms with Gasteiger partial charge in [0.15, 0.2) is 10.8 Å². The van der Waals surface area contributed by atoms with Gasteiger partial charge >= 0.3 is 0 Å². The molecule has 9 heteroatoms. The van der Waals surface area contributed by atoms with E-state index in [-0.39, 0.29) is 29.5 Å². The minimum Gasteiger partial charge on any atom is -0.497 e. The average Bonchev–Trinajstić information content (AvgIpc) is 3.31. The molecule has 1 unspecified atom stereocenters. The molecule has 1 atom stereocenters. The number of fused-ring (bicyclic) bond motifs is 2. The van der Waals surface area contributed by atoms with Gasteiger partial charge in [0, 0.05) is 18.7 Å². The predicted molar refractivity (Wildman–Crippen MR) is 116 cm³/mol. The molecule has 1 aromatic carbocycles. The number of methoxy groups -OCH3 is 1. The van der Waals surface area contributed by atoms with Gasteiger partial charge in [-0.1, -0.05) is 23.9 Å². The molecule has 1 amide bonds. The topological polar surface area (TPSA) is 91.0 Å². The van der Waals surface area contributed by atoms with Crippen LogP contribution in [0, 0.1) is 0 Å². The number of hydrogen-bond acceptors (Lipinski definition) is 6. The monoisotopic (exact) mass is 427 g/mol. The standard InChI is InChI=1S/C21H25N5O3S/c1-21(2,3)26-18-16(11-23-26)19(28)25-14(12-30-20(25)24-18)9-17(27)22-10-13-6-5-7-15(8-13)29-4/h5-8,11,14H,9-10,12H2,1-4H3,(H,22,27). The fourth-order valence-corrected chi connectivity index (χ4v) is 4.67.